The molecule has 94 valence electrons. The van der Waals surface area contributed by atoms with Crippen LogP contribution in [0.25, 0.3) is 5.69 Å². The van der Waals surface area contributed by atoms with Crippen LogP contribution in [0.5, 0.6) is 5.88 Å². The molecule has 18 heavy (non-hydrogen) atoms. The number of nitrogens with one attached hydrogen (secondary N) is 1. The molecule has 5 nitrogen and oxygen atoms in total. The number of aromatic amines is 1. The Balaban J connectivity index is 2.84. The van der Waals surface area contributed by atoms with Gasteiger partial charge in [-0.1, -0.05) is 15.9 Å². The zero-order chi connectivity index (χ0) is 13.4. The molecule has 2 N–H and O–H groups in total. The third-order valence-corrected chi connectivity index (χ3v) is 2.96. The van der Waals surface area contributed by atoms with Gasteiger partial charge >= 0.3 is 5.69 Å². The van der Waals surface area contributed by atoms with Gasteiger partial charge in [0.1, 0.15) is 5.82 Å². The van der Waals surface area contributed by atoms with Crippen molar-refractivity contribution < 1.29 is 9.50 Å². The van der Waals surface area contributed by atoms with E-state index in [1.54, 1.807) is 0 Å². The van der Waals surface area contributed by atoms with Crippen LogP contribution in [0.15, 0.2) is 32.3 Å². The smallest absolute Gasteiger partial charge is 0.335 e. The zero-order valence-electron chi connectivity index (χ0n) is 9.20. The normalized spacial score (nSPS) is 10.6. The van der Waals surface area contributed by atoms with E-state index in [4.69, 9.17) is 0 Å². The Morgan fingerprint density at radius 2 is 2.06 bits per heavy atom. The van der Waals surface area contributed by atoms with Gasteiger partial charge in [0, 0.05) is 4.47 Å². The van der Waals surface area contributed by atoms with Gasteiger partial charge in [0.2, 0.25) is 5.88 Å². The minimum absolute atomic E-state index is 0.0584. The van der Waals surface area contributed by atoms with E-state index in [1.807, 2.05) is 4.98 Å². The van der Waals surface area contributed by atoms with E-state index in [-0.39, 0.29) is 11.3 Å². The van der Waals surface area contributed by atoms with Gasteiger partial charge in [-0.2, -0.15) is 0 Å². The molecule has 0 unspecified atom stereocenters. The van der Waals surface area contributed by atoms with Gasteiger partial charge in [0.25, 0.3) is 5.56 Å². The Morgan fingerprint density at radius 1 is 1.39 bits per heavy atom. The first kappa shape index (κ1) is 12.6. The predicted octanol–water partition coefficient (Wildman–Crippen LogP) is 1.44. The lowest BCUT2D eigenvalue weighted by Gasteiger charge is -2.10. The molecule has 0 aliphatic rings. The highest BCUT2D eigenvalue weighted by Crippen LogP contribution is 2.21. The summed E-state index contributed by atoms with van der Waals surface area (Å²) in [7, 11) is 0. The zero-order valence-corrected chi connectivity index (χ0v) is 10.8. The van der Waals surface area contributed by atoms with Gasteiger partial charge in [-0.05, 0) is 25.1 Å². The van der Waals surface area contributed by atoms with E-state index in [2.05, 4.69) is 15.9 Å². The van der Waals surface area contributed by atoms with Gasteiger partial charge in [-0.25, -0.2) is 13.8 Å². The molecule has 0 saturated carbocycles. The van der Waals surface area contributed by atoms with Gasteiger partial charge in [0.15, 0.2) is 0 Å². The lowest BCUT2D eigenvalue weighted by molar-refractivity contribution is 0.423. The molecule has 0 aliphatic heterocycles. The molecule has 7 heteroatoms. The van der Waals surface area contributed by atoms with E-state index in [0.29, 0.717) is 9.04 Å². The van der Waals surface area contributed by atoms with Crippen LogP contribution in [0, 0.1) is 12.7 Å². The van der Waals surface area contributed by atoms with Crippen LogP contribution >= 0.6 is 15.9 Å². The fourth-order valence-corrected chi connectivity index (χ4v) is 1.83. The summed E-state index contributed by atoms with van der Waals surface area (Å²) >= 11 is 3.08. The average Bonchev–Trinajstić information content (AvgIpc) is 2.29. The van der Waals surface area contributed by atoms with E-state index in [1.165, 1.54) is 19.1 Å². The van der Waals surface area contributed by atoms with E-state index >= 15 is 0 Å². The van der Waals surface area contributed by atoms with Crippen LogP contribution in [0.3, 0.4) is 0 Å². The largest absolute Gasteiger partial charge is 0.494 e. The number of aromatic nitrogens is 2. The maximum absolute atomic E-state index is 13.7. The summed E-state index contributed by atoms with van der Waals surface area (Å²) in [5.41, 5.74) is -1.80. The van der Waals surface area contributed by atoms with Crippen molar-refractivity contribution in [1.82, 2.24) is 9.55 Å². The second kappa shape index (κ2) is 4.41. The Kier molecular flexibility index (Phi) is 3.08. The van der Waals surface area contributed by atoms with Gasteiger partial charge < -0.3 is 5.11 Å². The number of aromatic hydroxyl groups is 1. The van der Waals surface area contributed by atoms with E-state index < -0.39 is 22.9 Å². The molecule has 1 aromatic carbocycles. The van der Waals surface area contributed by atoms with Crippen molar-refractivity contribution in [3.63, 3.8) is 0 Å². The Hall–Kier alpha value is -1.89. The molecular formula is C11H8BrFN2O3. The summed E-state index contributed by atoms with van der Waals surface area (Å²) in [6.45, 7) is 1.33. The van der Waals surface area contributed by atoms with E-state index in [9.17, 15) is 19.1 Å². The first-order valence-corrected chi connectivity index (χ1v) is 5.71. The number of halogens is 2. The second-order valence-electron chi connectivity index (χ2n) is 3.64. The monoisotopic (exact) mass is 314 g/mol. The number of rotatable bonds is 1. The lowest BCUT2D eigenvalue weighted by Crippen LogP contribution is -2.30. The molecule has 2 aromatic rings. The molecule has 0 spiro atoms. The number of nitrogens with zero attached hydrogens (tertiary/aromatic N) is 1. The van der Waals surface area contributed by atoms with Crippen molar-refractivity contribution in [2.45, 2.75) is 6.92 Å². The molecule has 0 radical (unpaired) electrons. The summed E-state index contributed by atoms with van der Waals surface area (Å²) in [5, 5.41) is 9.77. The van der Waals surface area contributed by atoms with Crippen LogP contribution in [0.2, 0.25) is 0 Å². The van der Waals surface area contributed by atoms with Crippen LogP contribution < -0.4 is 11.2 Å². The summed E-state index contributed by atoms with van der Waals surface area (Å²) < 4.78 is 14.9. The first-order valence-electron chi connectivity index (χ1n) is 4.92. The molecule has 0 saturated heterocycles. The fraction of sp³-hybridized carbons (Fsp3) is 0.0909. The standard InChI is InChI=1S/C11H8BrFN2O3/c1-5-9(16)14-11(18)15(10(5)17)8-3-2-6(12)4-7(8)13/h2-4,17H,1H3,(H,14,16,18). The number of H-pyrrole nitrogens is 1. The van der Waals surface area contributed by atoms with Crippen molar-refractivity contribution >= 4 is 15.9 Å². The molecule has 0 aliphatic carbocycles. The summed E-state index contributed by atoms with van der Waals surface area (Å²) in [4.78, 5) is 24.9. The first-order chi connectivity index (χ1) is 8.41. The Bertz CT molecular complexity index is 736. The molecule has 0 fully saturated rings. The van der Waals surface area contributed by atoms with Crippen LogP contribution in [0.1, 0.15) is 5.56 Å². The van der Waals surface area contributed by atoms with E-state index in [0.717, 1.165) is 6.07 Å². The van der Waals surface area contributed by atoms with Crippen molar-refractivity contribution in [1.29, 1.82) is 0 Å². The number of hydrogen-bond donors (Lipinski definition) is 2. The molecule has 1 aromatic heterocycles. The van der Waals surface area contributed by atoms with Crippen molar-refractivity contribution in [2.24, 2.45) is 0 Å². The molecule has 0 amide bonds. The van der Waals surface area contributed by atoms with Crippen molar-refractivity contribution in [2.75, 3.05) is 0 Å². The minimum Gasteiger partial charge on any atom is -0.494 e. The summed E-state index contributed by atoms with van der Waals surface area (Å²) in [6, 6.07) is 3.99. The summed E-state index contributed by atoms with van der Waals surface area (Å²) in [6.07, 6.45) is 0. The minimum atomic E-state index is -0.899. The predicted molar refractivity (Wildman–Crippen MR) is 66.7 cm³/mol. The Morgan fingerprint density at radius 3 is 2.67 bits per heavy atom. The van der Waals surface area contributed by atoms with Gasteiger partial charge in [-0.15, -0.1) is 0 Å². The fourth-order valence-electron chi connectivity index (χ4n) is 1.50. The topological polar surface area (TPSA) is 75.1 Å². The molecule has 1 heterocycles. The highest BCUT2D eigenvalue weighted by atomic mass is 79.9. The maximum atomic E-state index is 13.7. The SMILES string of the molecule is Cc1c(O)n(-c2ccc(Br)cc2F)c(=O)[nH]c1=O. The third kappa shape index (κ3) is 1.97. The van der Waals surface area contributed by atoms with Crippen molar-refractivity contribution in [3.8, 4) is 11.6 Å². The van der Waals surface area contributed by atoms with Crippen molar-refractivity contribution in [3.05, 3.63) is 54.9 Å². The molecule has 0 atom stereocenters. The van der Waals surface area contributed by atoms with Crippen LogP contribution in [-0.4, -0.2) is 14.7 Å². The number of benzene rings is 1. The number of hydrogen-bond acceptors (Lipinski definition) is 3. The molecule has 2 rings (SSSR count). The molecule has 0 bridgehead atoms. The van der Waals surface area contributed by atoms with Gasteiger partial charge in [-0.3, -0.25) is 9.78 Å². The maximum Gasteiger partial charge on any atom is 0.335 e. The Labute approximate surface area is 109 Å². The summed E-state index contributed by atoms with van der Waals surface area (Å²) in [5.74, 6) is -1.28. The van der Waals surface area contributed by atoms with Crippen LogP contribution in [-0.2, 0) is 0 Å². The average molecular weight is 315 g/mol. The molecular weight excluding hydrogens is 307 g/mol. The lowest BCUT2D eigenvalue weighted by atomic mass is 10.3. The highest BCUT2D eigenvalue weighted by Gasteiger charge is 2.15. The quantitative estimate of drug-likeness (QED) is 0.836. The highest BCUT2D eigenvalue weighted by molar-refractivity contribution is 9.10. The van der Waals surface area contributed by atoms with Crippen LogP contribution in [0.4, 0.5) is 4.39 Å². The third-order valence-electron chi connectivity index (χ3n) is 2.46. The second-order valence-corrected chi connectivity index (χ2v) is 4.55. The van der Waals surface area contributed by atoms with Gasteiger partial charge in [0.05, 0.1) is 11.3 Å².